The van der Waals surface area contributed by atoms with Crippen molar-refractivity contribution in [3.8, 4) is 5.75 Å². The van der Waals surface area contributed by atoms with Gasteiger partial charge in [0.2, 0.25) is 0 Å². The van der Waals surface area contributed by atoms with Crippen LogP contribution in [0.1, 0.15) is 20.3 Å². The molecular weight excluding hydrogens is 228 g/mol. The Kier molecular flexibility index (Phi) is 3.97. The molecule has 0 spiro atoms. The van der Waals surface area contributed by atoms with Crippen LogP contribution in [0.2, 0.25) is 0 Å². The molecule has 0 aliphatic carbocycles. The van der Waals surface area contributed by atoms with Crippen LogP contribution in [0, 0.1) is 5.92 Å². The molecule has 0 radical (unpaired) electrons. The molecule has 1 aliphatic heterocycles. The molecule has 18 heavy (non-hydrogen) atoms. The summed E-state index contributed by atoms with van der Waals surface area (Å²) in [5.74, 6) is 1.13. The van der Waals surface area contributed by atoms with E-state index in [-0.39, 0.29) is 12.7 Å². The van der Waals surface area contributed by atoms with Gasteiger partial charge in [-0.15, -0.1) is 0 Å². The van der Waals surface area contributed by atoms with Gasteiger partial charge in [0.1, 0.15) is 5.75 Å². The van der Waals surface area contributed by atoms with E-state index in [4.69, 9.17) is 10.5 Å². The lowest BCUT2D eigenvalue weighted by Gasteiger charge is -2.21. The number of aliphatic hydroxyl groups excluding tert-OH is 1. The highest BCUT2D eigenvalue weighted by molar-refractivity contribution is 5.62. The number of ether oxygens (including phenoxy) is 1. The zero-order valence-electron chi connectivity index (χ0n) is 11.1. The first kappa shape index (κ1) is 13.0. The summed E-state index contributed by atoms with van der Waals surface area (Å²) < 4.78 is 5.70. The maximum atomic E-state index is 9.18. The van der Waals surface area contributed by atoms with Crippen LogP contribution in [0.5, 0.6) is 5.75 Å². The molecule has 1 aromatic rings. The quantitative estimate of drug-likeness (QED) is 0.801. The van der Waals surface area contributed by atoms with Gasteiger partial charge in [-0.25, -0.2) is 0 Å². The molecule has 1 unspecified atom stereocenters. The fourth-order valence-corrected chi connectivity index (χ4v) is 2.29. The lowest BCUT2D eigenvalue weighted by Crippen LogP contribution is -2.20. The molecule has 0 bridgehead atoms. The lowest BCUT2D eigenvalue weighted by atomic mass is 10.1. The van der Waals surface area contributed by atoms with E-state index < -0.39 is 0 Å². The number of nitrogens with zero attached hydrogens (tertiary/aromatic N) is 1. The number of hydrogen-bond acceptors (Lipinski definition) is 4. The highest BCUT2D eigenvalue weighted by Gasteiger charge is 2.22. The van der Waals surface area contributed by atoms with Crippen LogP contribution in [-0.4, -0.2) is 30.9 Å². The molecule has 1 saturated heterocycles. The highest BCUT2D eigenvalue weighted by Crippen LogP contribution is 2.31. The maximum Gasteiger partial charge on any atom is 0.144 e. The molecule has 0 saturated carbocycles. The average molecular weight is 250 g/mol. The predicted octanol–water partition coefficient (Wildman–Crippen LogP) is 1.87. The van der Waals surface area contributed by atoms with Crippen LogP contribution in [0.4, 0.5) is 11.4 Å². The van der Waals surface area contributed by atoms with Crippen LogP contribution < -0.4 is 15.4 Å². The van der Waals surface area contributed by atoms with Crippen molar-refractivity contribution < 1.29 is 9.84 Å². The van der Waals surface area contributed by atoms with E-state index in [1.807, 2.05) is 32.0 Å². The fourth-order valence-electron chi connectivity index (χ4n) is 2.29. The van der Waals surface area contributed by atoms with Gasteiger partial charge in [0.05, 0.1) is 11.8 Å². The third-order valence-corrected chi connectivity index (χ3v) is 3.27. The molecule has 1 fully saturated rings. The lowest BCUT2D eigenvalue weighted by molar-refractivity contribution is 0.238. The van der Waals surface area contributed by atoms with E-state index in [0.29, 0.717) is 11.6 Å². The van der Waals surface area contributed by atoms with Gasteiger partial charge >= 0.3 is 0 Å². The first-order valence-corrected chi connectivity index (χ1v) is 6.52. The summed E-state index contributed by atoms with van der Waals surface area (Å²) in [4.78, 5) is 2.27. The number of hydrogen-bond donors (Lipinski definition) is 2. The maximum absolute atomic E-state index is 9.18. The monoisotopic (exact) mass is 250 g/mol. The molecule has 1 heterocycles. The van der Waals surface area contributed by atoms with Crippen LogP contribution in [0.3, 0.4) is 0 Å². The van der Waals surface area contributed by atoms with E-state index in [2.05, 4.69) is 4.90 Å². The van der Waals surface area contributed by atoms with E-state index >= 15 is 0 Å². The summed E-state index contributed by atoms with van der Waals surface area (Å²) in [7, 11) is 0. The SMILES string of the molecule is CC(C)Oc1cc(N2CCC(CO)C2)ccc1N. The molecular formula is C14H22N2O2. The largest absolute Gasteiger partial charge is 0.489 e. The van der Waals surface area contributed by atoms with Crippen molar-refractivity contribution in [2.24, 2.45) is 5.92 Å². The summed E-state index contributed by atoms with van der Waals surface area (Å²) in [6.07, 6.45) is 1.16. The van der Waals surface area contributed by atoms with Crippen molar-refractivity contribution >= 4 is 11.4 Å². The van der Waals surface area contributed by atoms with Crippen LogP contribution in [0.15, 0.2) is 18.2 Å². The summed E-state index contributed by atoms with van der Waals surface area (Å²) in [5, 5.41) is 9.18. The highest BCUT2D eigenvalue weighted by atomic mass is 16.5. The van der Waals surface area contributed by atoms with Gasteiger partial charge in [-0.3, -0.25) is 0 Å². The molecule has 3 N–H and O–H groups in total. The van der Waals surface area contributed by atoms with Gasteiger partial charge in [0.15, 0.2) is 0 Å². The Bertz CT molecular complexity index is 407. The first-order valence-electron chi connectivity index (χ1n) is 6.52. The molecule has 1 aliphatic rings. The van der Waals surface area contributed by atoms with Crippen LogP contribution in [0.25, 0.3) is 0 Å². The topological polar surface area (TPSA) is 58.7 Å². The van der Waals surface area contributed by atoms with Crippen molar-refractivity contribution in [2.75, 3.05) is 30.3 Å². The number of nitrogen functional groups attached to an aromatic ring is 1. The van der Waals surface area contributed by atoms with Gasteiger partial charge in [0.25, 0.3) is 0 Å². The molecule has 4 nitrogen and oxygen atoms in total. The van der Waals surface area contributed by atoms with Gasteiger partial charge < -0.3 is 20.5 Å². The minimum atomic E-state index is 0.117. The normalized spacial score (nSPS) is 19.6. The Labute approximate surface area is 108 Å². The Morgan fingerprint density at radius 2 is 2.28 bits per heavy atom. The second kappa shape index (κ2) is 5.48. The molecule has 100 valence electrons. The van der Waals surface area contributed by atoms with E-state index in [1.54, 1.807) is 0 Å². The van der Waals surface area contributed by atoms with Crippen LogP contribution >= 0.6 is 0 Å². The van der Waals surface area contributed by atoms with Crippen LogP contribution in [-0.2, 0) is 0 Å². The number of rotatable bonds is 4. The van der Waals surface area contributed by atoms with Crippen molar-refractivity contribution in [3.63, 3.8) is 0 Å². The summed E-state index contributed by atoms with van der Waals surface area (Å²) in [5.41, 5.74) is 7.70. The van der Waals surface area contributed by atoms with E-state index in [0.717, 1.165) is 30.9 Å². The Balaban J connectivity index is 2.14. The smallest absolute Gasteiger partial charge is 0.144 e. The molecule has 1 aromatic carbocycles. The Morgan fingerprint density at radius 3 is 2.89 bits per heavy atom. The van der Waals surface area contributed by atoms with E-state index in [9.17, 15) is 5.11 Å². The zero-order valence-corrected chi connectivity index (χ0v) is 11.1. The molecule has 4 heteroatoms. The third-order valence-electron chi connectivity index (χ3n) is 3.27. The van der Waals surface area contributed by atoms with Gasteiger partial charge in [0, 0.05) is 37.4 Å². The van der Waals surface area contributed by atoms with Gasteiger partial charge in [-0.05, 0) is 32.4 Å². The van der Waals surface area contributed by atoms with Crippen molar-refractivity contribution in [3.05, 3.63) is 18.2 Å². The molecule has 1 atom stereocenters. The number of nitrogens with two attached hydrogens (primary N) is 1. The Hall–Kier alpha value is -1.42. The van der Waals surface area contributed by atoms with E-state index in [1.165, 1.54) is 0 Å². The fraction of sp³-hybridized carbons (Fsp3) is 0.571. The zero-order chi connectivity index (χ0) is 13.1. The molecule has 0 aromatic heterocycles. The second-order valence-corrected chi connectivity index (χ2v) is 5.17. The minimum absolute atomic E-state index is 0.117. The van der Waals surface area contributed by atoms with Crippen molar-refractivity contribution in [1.82, 2.24) is 0 Å². The van der Waals surface area contributed by atoms with Gasteiger partial charge in [-0.2, -0.15) is 0 Å². The summed E-state index contributed by atoms with van der Waals surface area (Å²) in [6, 6.07) is 5.90. The number of benzene rings is 1. The predicted molar refractivity (Wildman–Crippen MR) is 74.0 cm³/mol. The standard InChI is InChI=1S/C14H22N2O2/c1-10(2)18-14-7-12(3-4-13(14)15)16-6-5-11(8-16)9-17/h3-4,7,10-11,17H,5-6,8-9,15H2,1-2H3. The Morgan fingerprint density at radius 1 is 1.50 bits per heavy atom. The minimum Gasteiger partial charge on any atom is -0.489 e. The third kappa shape index (κ3) is 2.88. The van der Waals surface area contributed by atoms with Gasteiger partial charge in [-0.1, -0.05) is 0 Å². The van der Waals surface area contributed by atoms with Crippen molar-refractivity contribution in [1.29, 1.82) is 0 Å². The first-order chi connectivity index (χ1) is 8.60. The number of anilines is 2. The van der Waals surface area contributed by atoms with Crippen molar-refractivity contribution in [2.45, 2.75) is 26.4 Å². The number of aliphatic hydroxyl groups is 1. The second-order valence-electron chi connectivity index (χ2n) is 5.17. The molecule has 0 amide bonds. The summed E-state index contributed by atoms with van der Waals surface area (Å²) in [6.45, 7) is 6.13. The molecule has 2 rings (SSSR count). The average Bonchev–Trinajstić information content (AvgIpc) is 2.80. The summed E-state index contributed by atoms with van der Waals surface area (Å²) >= 11 is 0.